The SMILES string of the molecule is COCC(NC(C)C1CC2C=CC1C2)C(C)C. The lowest BCUT2D eigenvalue weighted by atomic mass is 9.86. The van der Waals surface area contributed by atoms with Crippen LogP contribution in [0.1, 0.15) is 33.6 Å². The number of ether oxygens (including phenoxy) is 1. The van der Waals surface area contributed by atoms with Crippen molar-refractivity contribution in [2.45, 2.75) is 45.7 Å². The Morgan fingerprint density at radius 3 is 2.47 bits per heavy atom. The van der Waals surface area contributed by atoms with Gasteiger partial charge in [-0.25, -0.2) is 0 Å². The van der Waals surface area contributed by atoms with Gasteiger partial charge in [0.2, 0.25) is 0 Å². The van der Waals surface area contributed by atoms with Crippen molar-refractivity contribution in [1.29, 1.82) is 0 Å². The largest absolute Gasteiger partial charge is 0.383 e. The van der Waals surface area contributed by atoms with Gasteiger partial charge in [0, 0.05) is 19.2 Å². The van der Waals surface area contributed by atoms with E-state index in [0.29, 0.717) is 18.0 Å². The summed E-state index contributed by atoms with van der Waals surface area (Å²) in [6.07, 6.45) is 7.64. The van der Waals surface area contributed by atoms with E-state index in [9.17, 15) is 0 Å². The summed E-state index contributed by atoms with van der Waals surface area (Å²) >= 11 is 0. The Kier molecular flexibility index (Phi) is 4.26. The first-order valence-electron chi connectivity index (χ1n) is 7.05. The average Bonchev–Trinajstić information content (AvgIpc) is 2.89. The molecule has 2 bridgehead atoms. The summed E-state index contributed by atoms with van der Waals surface area (Å²) in [7, 11) is 1.79. The van der Waals surface area contributed by atoms with Crippen LogP contribution in [0, 0.1) is 23.7 Å². The second kappa shape index (κ2) is 5.53. The molecule has 5 atom stereocenters. The highest BCUT2D eigenvalue weighted by molar-refractivity contribution is 5.11. The van der Waals surface area contributed by atoms with Gasteiger partial charge in [-0.15, -0.1) is 0 Å². The van der Waals surface area contributed by atoms with Gasteiger partial charge in [-0.3, -0.25) is 0 Å². The van der Waals surface area contributed by atoms with Gasteiger partial charge in [0.25, 0.3) is 0 Å². The molecule has 98 valence electrons. The zero-order valence-electron chi connectivity index (χ0n) is 11.6. The van der Waals surface area contributed by atoms with Gasteiger partial charge in [0.1, 0.15) is 0 Å². The Morgan fingerprint density at radius 2 is 2.00 bits per heavy atom. The van der Waals surface area contributed by atoms with Gasteiger partial charge in [-0.05, 0) is 43.4 Å². The Bertz CT molecular complexity index is 274. The van der Waals surface area contributed by atoms with Crippen molar-refractivity contribution in [3.8, 4) is 0 Å². The zero-order valence-corrected chi connectivity index (χ0v) is 11.6. The number of methoxy groups -OCH3 is 1. The third kappa shape index (κ3) is 2.92. The number of nitrogens with one attached hydrogen (secondary N) is 1. The first kappa shape index (κ1) is 13.1. The summed E-state index contributed by atoms with van der Waals surface area (Å²) in [4.78, 5) is 0. The Hall–Kier alpha value is -0.340. The summed E-state index contributed by atoms with van der Waals surface area (Å²) in [6.45, 7) is 7.71. The van der Waals surface area contributed by atoms with Crippen molar-refractivity contribution < 1.29 is 4.74 Å². The van der Waals surface area contributed by atoms with Crippen LogP contribution in [0.4, 0.5) is 0 Å². The molecule has 2 heteroatoms. The number of hydrogen-bond acceptors (Lipinski definition) is 2. The molecular weight excluding hydrogens is 210 g/mol. The third-order valence-corrected chi connectivity index (χ3v) is 4.60. The van der Waals surface area contributed by atoms with Crippen LogP contribution in [0.3, 0.4) is 0 Å². The molecular formula is C15H27NO. The molecule has 0 radical (unpaired) electrons. The van der Waals surface area contributed by atoms with Crippen LogP contribution in [0.2, 0.25) is 0 Å². The van der Waals surface area contributed by atoms with E-state index < -0.39 is 0 Å². The topological polar surface area (TPSA) is 21.3 Å². The van der Waals surface area contributed by atoms with Crippen LogP contribution in [-0.4, -0.2) is 25.8 Å². The Morgan fingerprint density at radius 1 is 1.24 bits per heavy atom. The third-order valence-electron chi connectivity index (χ3n) is 4.60. The van der Waals surface area contributed by atoms with Crippen LogP contribution < -0.4 is 5.32 Å². The standard InChI is InChI=1S/C15H27NO/c1-10(2)15(9-17-4)16-11(3)14-8-12-5-6-13(14)7-12/h5-6,10-16H,7-9H2,1-4H3. The van der Waals surface area contributed by atoms with Crippen LogP contribution in [0.25, 0.3) is 0 Å². The van der Waals surface area contributed by atoms with E-state index in [2.05, 4.69) is 38.2 Å². The van der Waals surface area contributed by atoms with E-state index in [1.165, 1.54) is 12.8 Å². The van der Waals surface area contributed by atoms with Gasteiger partial charge in [0.15, 0.2) is 0 Å². The van der Waals surface area contributed by atoms with Gasteiger partial charge >= 0.3 is 0 Å². The van der Waals surface area contributed by atoms with Crippen molar-refractivity contribution in [1.82, 2.24) is 5.32 Å². The maximum absolute atomic E-state index is 5.31. The second-order valence-corrected chi connectivity index (χ2v) is 6.21. The van der Waals surface area contributed by atoms with Crippen molar-refractivity contribution in [2.24, 2.45) is 23.7 Å². The molecule has 1 saturated carbocycles. The van der Waals surface area contributed by atoms with Gasteiger partial charge < -0.3 is 10.1 Å². The van der Waals surface area contributed by atoms with Gasteiger partial charge in [-0.1, -0.05) is 26.0 Å². The van der Waals surface area contributed by atoms with E-state index in [4.69, 9.17) is 4.74 Å². The van der Waals surface area contributed by atoms with Gasteiger partial charge in [0.05, 0.1) is 6.61 Å². The fraction of sp³-hybridized carbons (Fsp3) is 0.867. The number of allylic oxidation sites excluding steroid dienone is 2. The molecule has 0 aromatic heterocycles. The summed E-state index contributed by atoms with van der Waals surface area (Å²) in [5.74, 6) is 3.17. The van der Waals surface area contributed by atoms with E-state index in [1.807, 2.05) is 0 Å². The van der Waals surface area contributed by atoms with E-state index in [1.54, 1.807) is 7.11 Å². The maximum atomic E-state index is 5.31. The summed E-state index contributed by atoms with van der Waals surface area (Å²) in [5.41, 5.74) is 0. The molecule has 2 nitrogen and oxygen atoms in total. The van der Waals surface area contributed by atoms with Crippen molar-refractivity contribution in [2.75, 3.05) is 13.7 Å². The first-order valence-corrected chi connectivity index (χ1v) is 7.05. The molecule has 0 aliphatic heterocycles. The lowest BCUT2D eigenvalue weighted by molar-refractivity contribution is 0.132. The van der Waals surface area contributed by atoms with Crippen molar-refractivity contribution in [3.05, 3.63) is 12.2 Å². The van der Waals surface area contributed by atoms with E-state index in [0.717, 1.165) is 24.4 Å². The van der Waals surface area contributed by atoms with Crippen molar-refractivity contribution >= 4 is 0 Å². The molecule has 2 aliphatic carbocycles. The minimum atomic E-state index is 0.484. The molecule has 0 heterocycles. The second-order valence-electron chi connectivity index (χ2n) is 6.21. The average molecular weight is 237 g/mol. The fourth-order valence-electron chi connectivity index (χ4n) is 3.47. The minimum Gasteiger partial charge on any atom is -0.383 e. The Labute approximate surface area is 106 Å². The normalized spacial score (nSPS) is 34.5. The van der Waals surface area contributed by atoms with Gasteiger partial charge in [-0.2, -0.15) is 0 Å². The molecule has 0 amide bonds. The highest BCUT2D eigenvalue weighted by Gasteiger charge is 2.38. The molecule has 0 aromatic carbocycles. The zero-order chi connectivity index (χ0) is 12.4. The molecule has 0 saturated heterocycles. The highest BCUT2D eigenvalue weighted by Crippen LogP contribution is 2.44. The van der Waals surface area contributed by atoms with Crippen LogP contribution in [0.15, 0.2) is 12.2 Å². The first-order chi connectivity index (χ1) is 8.11. The smallest absolute Gasteiger partial charge is 0.0618 e. The summed E-state index contributed by atoms with van der Waals surface area (Å²) in [5, 5.41) is 3.79. The molecule has 2 rings (SSSR count). The molecule has 0 spiro atoms. The van der Waals surface area contributed by atoms with Crippen LogP contribution in [-0.2, 0) is 4.74 Å². The molecule has 0 aromatic rings. The Balaban J connectivity index is 1.87. The van der Waals surface area contributed by atoms with E-state index in [-0.39, 0.29) is 0 Å². The predicted molar refractivity (Wildman–Crippen MR) is 71.9 cm³/mol. The number of fused-ring (bicyclic) bond motifs is 2. The fourth-order valence-corrected chi connectivity index (χ4v) is 3.47. The number of rotatable bonds is 6. The molecule has 1 fully saturated rings. The maximum Gasteiger partial charge on any atom is 0.0618 e. The highest BCUT2D eigenvalue weighted by atomic mass is 16.5. The molecule has 5 unspecified atom stereocenters. The summed E-state index contributed by atoms with van der Waals surface area (Å²) in [6, 6.07) is 1.09. The molecule has 2 aliphatic rings. The lowest BCUT2D eigenvalue weighted by Crippen LogP contribution is -2.46. The lowest BCUT2D eigenvalue weighted by Gasteiger charge is -2.32. The predicted octanol–water partition coefficient (Wildman–Crippen LogP) is 2.85. The summed E-state index contributed by atoms with van der Waals surface area (Å²) < 4.78 is 5.31. The molecule has 1 N–H and O–H groups in total. The minimum absolute atomic E-state index is 0.484. The monoisotopic (exact) mass is 237 g/mol. The number of hydrogen-bond donors (Lipinski definition) is 1. The van der Waals surface area contributed by atoms with Crippen LogP contribution >= 0.6 is 0 Å². The molecule has 17 heavy (non-hydrogen) atoms. The van der Waals surface area contributed by atoms with Crippen molar-refractivity contribution in [3.63, 3.8) is 0 Å². The quantitative estimate of drug-likeness (QED) is 0.717. The van der Waals surface area contributed by atoms with Crippen LogP contribution in [0.5, 0.6) is 0 Å². The van der Waals surface area contributed by atoms with E-state index >= 15 is 0 Å².